The van der Waals surface area contributed by atoms with E-state index < -0.39 is 17.5 Å². The number of quaternary nitrogens is 1. The maximum atomic E-state index is 13.9. The Morgan fingerprint density at radius 1 is 0.969 bits per heavy atom. The van der Waals surface area contributed by atoms with Gasteiger partial charge in [0.25, 0.3) is 0 Å². The highest BCUT2D eigenvalue weighted by atomic mass is 16.6. The fourth-order valence-corrected chi connectivity index (χ4v) is 5.13. The van der Waals surface area contributed by atoms with Gasteiger partial charge in [-0.05, 0) is 25.0 Å². The molecule has 2 unspecified atom stereocenters. The maximum absolute atomic E-state index is 13.9. The molecule has 1 N–H and O–H groups in total. The number of phenols is 1. The van der Waals surface area contributed by atoms with Crippen molar-refractivity contribution in [3.63, 3.8) is 0 Å². The Bertz CT molecular complexity index is 967. The van der Waals surface area contributed by atoms with Crippen molar-refractivity contribution in [1.29, 1.82) is 0 Å². The molecule has 2 aromatic carbocycles. The minimum atomic E-state index is -1.54. The van der Waals surface area contributed by atoms with Crippen molar-refractivity contribution < 1.29 is 28.7 Å². The molecule has 0 bridgehead atoms. The predicted octanol–water partition coefficient (Wildman–Crippen LogP) is 4.03. The van der Waals surface area contributed by atoms with E-state index in [1.54, 1.807) is 12.1 Å². The molecule has 1 saturated carbocycles. The van der Waals surface area contributed by atoms with Crippen LogP contribution in [0.25, 0.3) is 0 Å². The van der Waals surface area contributed by atoms with Crippen LogP contribution in [-0.4, -0.2) is 54.8 Å². The summed E-state index contributed by atoms with van der Waals surface area (Å²) in [5, 5.41) is 10.2. The highest BCUT2D eigenvalue weighted by Crippen LogP contribution is 2.45. The molecule has 1 aliphatic heterocycles. The third kappa shape index (κ3) is 4.37. The molecule has 2 aromatic rings. The van der Waals surface area contributed by atoms with Crippen LogP contribution in [0, 0.1) is 5.92 Å². The number of aromatic hydroxyl groups is 1. The van der Waals surface area contributed by atoms with Gasteiger partial charge < -0.3 is 19.1 Å². The van der Waals surface area contributed by atoms with Crippen LogP contribution < -0.4 is 0 Å². The van der Waals surface area contributed by atoms with Crippen molar-refractivity contribution in [2.75, 3.05) is 27.2 Å². The van der Waals surface area contributed by atoms with Crippen molar-refractivity contribution in [1.82, 2.24) is 0 Å². The molecule has 2 aliphatic rings. The minimum absolute atomic E-state index is 0.0391. The number of likely N-dealkylation sites (N-methyl/N-ethyl adjacent to an activating group) is 1. The molecule has 170 valence electrons. The second kappa shape index (κ2) is 8.94. The van der Waals surface area contributed by atoms with Gasteiger partial charge in [-0.2, -0.15) is 0 Å². The second-order valence-corrected chi connectivity index (χ2v) is 9.65. The Morgan fingerprint density at radius 2 is 1.62 bits per heavy atom. The number of rotatable bonds is 6. The van der Waals surface area contributed by atoms with Gasteiger partial charge in [-0.3, -0.25) is 0 Å². The van der Waals surface area contributed by atoms with Crippen molar-refractivity contribution in [3.05, 3.63) is 65.7 Å². The van der Waals surface area contributed by atoms with Crippen LogP contribution in [0.2, 0.25) is 0 Å². The zero-order chi connectivity index (χ0) is 22.8. The van der Waals surface area contributed by atoms with E-state index in [0.29, 0.717) is 5.56 Å². The number of ether oxygens (including phenoxy) is 2. The highest BCUT2D eigenvalue weighted by molar-refractivity contribution is 5.95. The summed E-state index contributed by atoms with van der Waals surface area (Å²) in [5.41, 5.74) is -0.888. The van der Waals surface area contributed by atoms with Gasteiger partial charge in [-0.1, -0.05) is 55.3 Å². The summed E-state index contributed by atoms with van der Waals surface area (Å²) in [4.78, 5) is 27.2. The fraction of sp³-hybridized carbons (Fsp3) is 0.462. The zero-order valence-corrected chi connectivity index (χ0v) is 18.8. The summed E-state index contributed by atoms with van der Waals surface area (Å²) in [6.07, 6.45) is 4.03. The number of nitrogens with zero attached hydrogens (tertiary/aromatic N) is 1. The number of phenolic OH excluding ortho intramolecular Hbond substituents is 1. The van der Waals surface area contributed by atoms with Gasteiger partial charge in [0.15, 0.2) is 6.10 Å². The van der Waals surface area contributed by atoms with Gasteiger partial charge in [0, 0.05) is 17.9 Å². The number of benzene rings is 2. The first-order valence-electron chi connectivity index (χ1n) is 11.4. The Hall–Kier alpha value is -2.86. The lowest BCUT2D eigenvalue weighted by molar-refractivity contribution is -0.879. The average molecular weight is 439 g/mol. The lowest BCUT2D eigenvalue weighted by atomic mass is 9.79. The van der Waals surface area contributed by atoms with E-state index in [4.69, 9.17) is 9.47 Å². The van der Waals surface area contributed by atoms with Crippen molar-refractivity contribution in [2.24, 2.45) is 5.92 Å². The lowest BCUT2D eigenvalue weighted by Gasteiger charge is -2.37. The number of esters is 2. The number of carbonyl (C=O) groups excluding carboxylic acids is 2. The van der Waals surface area contributed by atoms with E-state index in [1.807, 2.05) is 30.3 Å². The molecule has 1 saturated heterocycles. The average Bonchev–Trinajstić information content (AvgIpc) is 3.42. The summed E-state index contributed by atoms with van der Waals surface area (Å²) < 4.78 is 13.0. The molecule has 0 spiro atoms. The van der Waals surface area contributed by atoms with E-state index in [-0.39, 0.29) is 23.3 Å². The standard InChI is InChI=1S/C26H31NO5/c1-27(2)17-16-21(18-27)31-25(30)26(20-12-6-7-13-20,19-10-4-3-5-11-19)32-24(29)22-14-8-9-15-23(22)28/h3-5,8-11,14-15,20-21H,6-7,12-13,16-18H2,1-2H3/p+1. The molecule has 2 fully saturated rings. The van der Waals surface area contributed by atoms with Crippen molar-refractivity contribution >= 4 is 11.9 Å². The Morgan fingerprint density at radius 3 is 2.25 bits per heavy atom. The Labute approximate surface area is 189 Å². The molecule has 4 rings (SSSR count). The van der Waals surface area contributed by atoms with Crippen LogP contribution in [0.4, 0.5) is 0 Å². The SMILES string of the molecule is C[N+]1(C)CCC(OC(=O)C(OC(=O)c2ccccc2O)(c2ccccc2)C2CCCC2)C1. The van der Waals surface area contributed by atoms with Crippen LogP contribution in [-0.2, 0) is 19.9 Å². The topological polar surface area (TPSA) is 72.8 Å². The van der Waals surface area contributed by atoms with E-state index in [9.17, 15) is 14.7 Å². The summed E-state index contributed by atoms with van der Waals surface area (Å²) in [6.45, 7) is 1.66. The number of likely N-dealkylation sites (tertiary alicyclic amines) is 1. The zero-order valence-electron chi connectivity index (χ0n) is 18.8. The summed E-state index contributed by atoms with van der Waals surface area (Å²) in [6, 6.07) is 15.5. The minimum Gasteiger partial charge on any atom is -0.507 e. The van der Waals surface area contributed by atoms with Gasteiger partial charge in [0.05, 0.1) is 20.6 Å². The first-order valence-corrected chi connectivity index (χ1v) is 11.4. The van der Waals surface area contributed by atoms with Crippen LogP contribution >= 0.6 is 0 Å². The number of hydrogen-bond donors (Lipinski definition) is 1. The predicted molar refractivity (Wildman–Crippen MR) is 120 cm³/mol. The summed E-state index contributed by atoms with van der Waals surface area (Å²) in [7, 11) is 4.24. The van der Waals surface area contributed by atoms with Gasteiger partial charge in [-0.15, -0.1) is 0 Å². The first-order chi connectivity index (χ1) is 15.3. The second-order valence-electron chi connectivity index (χ2n) is 9.65. The van der Waals surface area contributed by atoms with Crippen LogP contribution in [0.3, 0.4) is 0 Å². The fourth-order valence-electron chi connectivity index (χ4n) is 5.13. The summed E-state index contributed by atoms with van der Waals surface area (Å²) in [5.74, 6) is -1.59. The largest absolute Gasteiger partial charge is 0.507 e. The normalized spacial score (nSPS) is 22.2. The third-order valence-corrected chi connectivity index (χ3v) is 6.84. The van der Waals surface area contributed by atoms with E-state index in [2.05, 4.69) is 14.1 Å². The van der Waals surface area contributed by atoms with E-state index in [0.717, 1.165) is 49.7 Å². The van der Waals surface area contributed by atoms with E-state index >= 15 is 0 Å². The molecule has 32 heavy (non-hydrogen) atoms. The van der Waals surface area contributed by atoms with Gasteiger partial charge >= 0.3 is 11.9 Å². The van der Waals surface area contributed by atoms with Gasteiger partial charge in [0.2, 0.25) is 5.60 Å². The Kier molecular flexibility index (Phi) is 6.24. The van der Waals surface area contributed by atoms with Crippen LogP contribution in [0.5, 0.6) is 5.75 Å². The third-order valence-electron chi connectivity index (χ3n) is 6.84. The molecule has 0 radical (unpaired) electrons. The Balaban J connectivity index is 1.74. The number of hydrogen-bond acceptors (Lipinski definition) is 5. The van der Waals surface area contributed by atoms with Crippen molar-refractivity contribution in [3.8, 4) is 5.75 Å². The number of carbonyl (C=O) groups is 2. The molecule has 1 heterocycles. The van der Waals surface area contributed by atoms with Crippen LogP contribution in [0.15, 0.2) is 54.6 Å². The maximum Gasteiger partial charge on any atom is 0.356 e. The van der Waals surface area contributed by atoms with E-state index in [1.165, 1.54) is 12.1 Å². The molecule has 1 aliphatic carbocycles. The quantitative estimate of drug-likeness (QED) is 0.545. The van der Waals surface area contributed by atoms with Gasteiger partial charge in [-0.25, -0.2) is 9.59 Å². The smallest absolute Gasteiger partial charge is 0.356 e. The summed E-state index contributed by atoms with van der Waals surface area (Å²) >= 11 is 0. The molecule has 6 nitrogen and oxygen atoms in total. The molecular formula is C26H32NO5+. The first kappa shape index (κ1) is 22.3. The molecule has 0 amide bonds. The monoisotopic (exact) mass is 438 g/mol. The van der Waals surface area contributed by atoms with Gasteiger partial charge in [0.1, 0.15) is 17.9 Å². The number of para-hydroxylation sites is 1. The molecule has 6 heteroatoms. The van der Waals surface area contributed by atoms with Crippen molar-refractivity contribution in [2.45, 2.75) is 43.8 Å². The molecule has 0 aromatic heterocycles. The van der Waals surface area contributed by atoms with Crippen LogP contribution in [0.1, 0.15) is 48.0 Å². The highest BCUT2D eigenvalue weighted by Gasteiger charge is 2.54. The molecular weight excluding hydrogens is 406 g/mol. The molecule has 2 atom stereocenters. The lowest BCUT2D eigenvalue weighted by Crippen LogP contribution is -2.49.